The summed E-state index contributed by atoms with van der Waals surface area (Å²) in [5.74, 6) is 0. The summed E-state index contributed by atoms with van der Waals surface area (Å²) in [4.78, 5) is 2.33. The smallest absolute Gasteiger partial charge is 0.0349 e. The van der Waals surface area contributed by atoms with Crippen LogP contribution in [0.1, 0.15) is 44.4 Å². The summed E-state index contributed by atoms with van der Waals surface area (Å²) in [7, 11) is 4.34. The lowest BCUT2D eigenvalue weighted by atomic mass is 9.84. The van der Waals surface area contributed by atoms with Crippen LogP contribution in [-0.2, 0) is 0 Å². The lowest BCUT2D eigenvalue weighted by Gasteiger charge is -2.32. The van der Waals surface area contributed by atoms with Crippen molar-refractivity contribution in [2.75, 3.05) is 14.1 Å². The SMILES string of the molecule is Cc1ccccc1C(CC(C)(C)C)N(C)C. The van der Waals surface area contributed by atoms with Crippen molar-refractivity contribution >= 4 is 0 Å². The Morgan fingerprint density at radius 2 is 1.69 bits per heavy atom. The molecule has 0 fully saturated rings. The zero-order valence-corrected chi connectivity index (χ0v) is 11.5. The molecular weight excluding hydrogens is 194 g/mol. The van der Waals surface area contributed by atoms with Gasteiger partial charge in [-0.05, 0) is 44.0 Å². The van der Waals surface area contributed by atoms with E-state index in [-0.39, 0.29) is 0 Å². The van der Waals surface area contributed by atoms with Crippen LogP contribution in [0.5, 0.6) is 0 Å². The van der Waals surface area contributed by atoms with Gasteiger partial charge in [0.1, 0.15) is 0 Å². The second-order valence-electron chi connectivity index (χ2n) is 6.10. The molecule has 0 N–H and O–H groups in total. The van der Waals surface area contributed by atoms with E-state index in [1.807, 2.05) is 0 Å². The van der Waals surface area contributed by atoms with E-state index < -0.39 is 0 Å². The first kappa shape index (κ1) is 13.2. The maximum absolute atomic E-state index is 2.33. The van der Waals surface area contributed by atoms with E-state index >= 15 is 0 Å². The van der Waals surface area contributed by atoms with Gasteiger partial charge in [-0.1, -0.05) is 45.0 Å². The largest absolute Gasteiger partial charge is 0.302 e. The van der Waals surface area contributed by atoms with E-state index in [4.69, 9.17) is 0 Å². The summed E-state index contributed by atoms with van der Waals surface area (Å²) < 4.78 is 0. The zero-order chi connectivity index (χ0) is 12.3. The van der Waals surface area contributed by atoms with Gasteiger partial charge in [-0.15, -0.1) is 0 Å². The minimum absolute atomic E-state index is 0.358. The summed E-state index contributed by atoms with van der Waals surface area (Å²) >= 11 is 0. The predicted molar refractivity (Wildman–Crippen MR) is 71.7 cm³/mol. The Labute approximate surface area is 100 Å². The molecule has 0 radical (unpaired) electrons. The monoisotopic (exact) mass is 219 g/mol. The van der Waals surface area contributed by atoms with Crippen molar-refractivity contribution in [2.45, 2.75) is 40.2 Å². The van der Waals surface area contributed by atoms with Gasteiger partial charge in [0.2, 0.25) is 0 Å². The standard InChI is InChI=1S/C15H25N/c1-12-9-7-8-10-13(12)14(16(5)6)11-15(2,3)4/h7-10,14H,11H2,1-6H3. The predicted octanol–water partition coefficient (Wildman–Crippen LogP) is 4.03. The van der Waals surface area contributed by atoms with Gasteiger partial charge in [0, 0.05) is 6.04 Å². The molecular formula is C15H25N. The highest BCUT2D eigenvalue weighted by molar-refractivity contribution is 5.28. The van der Waals surface area contributed by atoms with E-state index in [1.165, 1.54) is 17.5 Å². The van der Waals surface area contributed by atoms with Crippen LogP contribution in [0.3, 0.4) is 0 Å². The fourth-order valence-corrected chi connectivity index (χ4v) is 2.11. The molecule has 1 rings (SSSR count). The third-order valence-corrected chi connectivity index (χ3v) is 2.98. The highest BCUT2D eigenvalue weighted by Gasteiger charge is 2.22. The molecule has 1 atom stereocenters. The quantitative estimate of drug-likeness (QED) is 0.741. The summed E-state index contributed by atoms with van der Waals surface area (Å²) in [5, 5.41) is 0. The molecule has 0 saturated heterocycles. The van der Waals surface area contributed by atoms with Crippen molar-refractivity contribution in [3.63, 3.8) is 0 Å². The molecule has 0 aliphatic carbocycles. The van der Waals surface area contributed by atoms with Crippen LogP contribution in [-0.4, -0.2) is 19.0 Å². The molecule has 0 bridgehead atoms. The number of hydrogen-bond acceptors (Lipinski definition) is 1. The van der Waals surface area contributed by atoms with E-state index in [2.05, 4.69) is 71.0 Å². The first-order valence-corrected chi connectivity index (χ1v) is 6.03. The Hall–Kier alpha value is -0.820. The van der Waals surface area contributed by atoms with Gasteiger partial charge >= 0.3 is 0 Å². The molecule has 0 aromatic heterocycles. The molecule has 1 heteroatoms. The van der Waals surface area contributed by atoms with Crippen LogP contribution in [0, 0.1) is 12.3 Å². The van der Waals surface area contributed by atoms with Crippen LogP contribution in [0.25, 0.3) is 0 Å². The molecule has 0 spiro atoms. The van der Waals surface area contributed by atoms with Crippen molar-refractivity contribution in [1.82, 2.24) is 4.90 Å². The Morgan fingerprint density at radius 1 is 1.12 bits per heavy atom. The lowest BCUT2D eigenvalue weighted by molar-refractivity contribution is 0.210. The number of hydrogen-bond donors (Lipinski definition) is 0. The molecule has 0 saturated carbocycles. The summed E-state index contributed by atoms with van der Waals surface area (Å²) in [6.07, 6.45) is 1.19. The fraction of sp³-hybridized carbons (Fsp3) is 0.600. The Bertz CT molecular complexity index is 334. The summed E-state index contributed by atoms with van der Waals surface area (Å²) in [6.45, 7) is 9.12. The van der Waals surface area contributed by atoms with Crippen LogP contribution < -0.4 is 0 Å². The van der Waals surface area contributed by atoms with E-state index in [9.17, 15) is 0 Å². The first-order valence-electron chi connectivity index (χ1n) is 6.03. The average Bonchev–Trinajstić information content (AvgIpc) is 2.13. The average molecular weight is 219 g/mol. The van der Waals surface area contributed by atoms with Gasteiger partial charge in [-0.3, -0.25) is 0 Å². The van der Waals surface area contributed by atoms with Crippen LogP contribution >= 0.6 is 0 Å². The molecule has 1 aromatic rings. The molecule has 0 aliphatic rings. The molecule has 0 heterocycles. The third-order valence-electron chi connectivity index (χ3n) is 2.98. The molecule has 0 aliphatic heterocycles. The Kier molecular flexibility index (Phi) is 4.15. The first-order chi connectivity index (χ1) is 7.31. The van der Waals surface area contributed by atoms with Crippen LogP contribution in [0.4, 0.5) is 0 Å². The lowest BCUT2D eigenvalue weighted by Crippen LogP contribution is -2.25. The Balaban J connectivity index is 2.99. The number of rotatable bonds is 3. The molecule has 16 heavy (non-hydrogen) atoms. The maximum atomic E-state index is 2.33. The van der Waals surface area contributed by atoms with Gasteiger partial charge in [-0.25, -0.2) is 0 Å². The van der Waals surface area contributed by atoms with E-state index in [0.29, 0.717) is 11.5 Å². The van der Waals surface area contributed by atoms with Gasteiger partial charge in [0.05, 0.1) is 0 Å². The number of nitrogens with zero attached hydrogens (tertiary/aromatic N) is 1. The molecule has 1 aromatic carbocycles. The van der Waals surface area contributed by atoms with Crippen molar-refractivity contribution in [1.29, 1.82) is 0 Å². The van der Waals surface area contributed by atoms with Crippen molar-refractivity contribution < 1.29 is 0 Å². The Morgan fingerprint density at radius 3 is 2.12 bits per heavy atom. The zero-order valence-electron chi connectivity index (χ0n) is 11.5. The number of benzene rings is 1. The molecule has 0 amide bonds. The van der Waals surface area contributed by atoms with Crippen molar-refractivity contribution in [3.8, 4) is 0 Å². The summed E-state index contributed by atoms with van der Waals surface area (Å²) in [6, 6.07) is 9.23. The van der Waals surface area contributed by atoms with Gasteiger partial charge < -0.3 is 4.90 Å². The minimum atomic E-state index is 0.358. The number of aryl methyl sites for hydroxylation is 1. The molecule has 90 valence electrons. The minimum Gasteiger partial charge on any atom is -0.302 e. The second kappa shape index (κ2) is 5.01. The van der Waals surface area contributed by atoms with E-state index in [1.54, 1.807) is 0 Å². The highest BCUT2D eigenvalue weighted by Crippen LogP contribution is 2.33. The summed E-state index contributed by atoms with van der Waals surface area (Å²) in [5.41, 5.74) is 3.21. The molecule has 1 unspecified atom stereocenters. The maximum Gasteiger partial charge on any atom is 0.0349 e. The van der Waals surface area contributed by atoms with Crippen LogP contribution in [0.15, 0.2) is 24.3 Å². The van der Waals surface area contributed by atoms with Crippen molar-refractivity contribution in [2.24, 2.45) is 5.41 Å². The third kappa shape index (κ3) is 3.64. The van der Waals surface area contributed by atoms with E-state index in [0.717, 1.165) is 0 Å². The second-order valence-corrected chi connectivity index (χ2v) is 6.10. The fourth-order valence-electron chi connectivity index (χ4n) is 2.11. The van der Waals surface area contributed by atoms with Gasteiger partial charge in [-0.2, -0.15) is 0 Å². The van der Waals surface area contributed by atoms with Crippen LogP contribution in [0.2, 0.25) is 0 Å². The normalized spacial score (nSPS) is 14.2. The highest BCUT2D eigenvalue weighted by atomic mass is 15.1. The van der Waals surface area contributed by atoms with Gasteiger partial charge in [0.15, 0.2) is 0 Å². The topological polar surface area (TPSA) is 3.24 Å². The molecule has 1 nitrogen and oxygen atoms in total. The van der Waals surface area contributed by atoms with Gasteiger partial charge in [0.25, 0.3) is 0 Å². The van der Waals surface area contributed by atoms with Crippen molar-refractivity contribution in [3.05, 3.63) is 35.4 Å².